The number of nitrogens with zero attached hydrogens (tertiary/aromatic N) is 3. The van der Waals surface area contributed by atoms with Crippen LogP contribution >= 0.6 is 11.8 Å². The monoisotopic (exact) mass is 552 g/mol. The van der Waals surface area contributed by atoms with E-state index in [1.165, 1.54) is 16.4 Å². The lowest BCUT2D eigenvalue weighted by molar-refractivity contribution is 0.122. The molecule has 204 valence electrons. The second-order valence-corrected chi connectivity index (χ2v) is 15.2. The second-order valence-electron chi connectivity index (χ2n) is 7.91. The molecule has 0 aromatic carbocycles. The van der Waals surface area contributed by atoms with Gasteiger partial charge in [-0.1, -0.05) is 37.9 Å². The molecule has 0 fully saturated rings. The zero-order chi connectivity index (χ0) is 26.2. The van der Waals surface area contributed by atoms with Crippen LogP contribution in [0.1, 0.15) is 51.3 Å². The van der Waals surface area contributed by atoms with Crippen molar-refractivity contribution >= 4 is 35.4 Å². The SMILES string of the molecule is CCCCCCc1nc(SCCC[Si](OC)(OC)OC)nn1C(=O)NCCC[Si](OC)(OC)OC. The Labute approximate surface area is 216 Å². The zero-order valence-corrected chi connectivity index (χ0v) is 25.2. The van der Waals surface area contributed by atoms with E-state index in [4.69, 9.17) is 26.6 Å². The molecule has 0 aliphatic carbocycles. The van der Waals surface area contributed by atoms with E-state index in [-0.39, 0.29) is 6.03 Å². The number of aromatic nitrogens is 3. The molecule has 0 saturated carbocycles. The molecule has 1 rings (SSSR count). The van der Waals surface area contributed by atoms with Crippen molar-refractivity contribution in [2.75, 3.05) is 55.0 Å². The predicted molar refractivity (Wildman–Crippen MR) is 140 cm³/mol. The molecule has 0 spiro atoms. The van der Waals surface area contributed by atoms with Crippen LogP contribution in [0.15, 0.2) is 5.16 Å². The van der Waals surface area contributed by atoms with Gasteiger partial charge in [0.2, 0.25) is 5.16 Å². The van der Waals surface area contributed by atoms with Crippen molar-refractivity contribution in [2.24, 2.45) is 0 Å². The Morgan fingerprint density at radius 3 is 1.97 bits per heavy atom. The number of aryl methyl sites for hydroxylation is 1. The predicted octanol–water partition coefficient (Wildman–Crippen LogP) is 3.59. The van der Waals surface area contributed by atoms with Crippen LogP contribution in [0.2, 0.25) is 12.1 Å². The van der Waals surface area contributed by atoms with Crippen LogP contribution in [0, 0.1) is 0 Å². The summed E-state index contributed by atoms with van der Waals surface area (Å²) in [6.07, 6.45) is 6.58. The molecule has 14 heteroatoms. The number of amides is 1. The maximum atomic E-state index is 12.9. The summed E-state index contributed by atoms with van der Waals surface area (Å²) in [6, 6.07) is 1.02. The van der Waals surface area contributed by atoms with Gasteiger partial charge in [0.1, 0.15) is 5.82 Å². The second kappa shape index (κ2) is 17.6. The van der Waals surface area contributed by atoms with E-state index in [1.54, 1.807) is 42.7 Å². The fourth-order valence-electron chi connectivity index (χ4n) is 3.56. The maximum Gasteiger partial charge on any atom is 0.500 e. The molecule has 0 atom stereocenters. The fourth-order valence-corrected chi connectivity index (χ4v) is 8.04. The van der Waals surface area contributed by atoms with Crippen LogP contribution in [-0.2, 0) is 33.0 Å². The number of hydrogen-bond acceptors (Lipinski definition) is 10. The van der Waals surface area contributed by atoms with Gasteiger partial charge in [-0.3, -0.25) is 0 Å². The third-order valence-corrected chi connectivity index (χ3v) is 12.3. The first kappa shape index (κ1) is 32.2. The highest BCUT2D eigenvalue weighted by Crippen LogP contribution is 2.21. The first-order chi connectivity index (χ1) is 16.9. The van der Waals surface area contributed by atoms with Crippen LogP contribution in [0.25, 0.3) is 0 Å². The summed E-state index contributed by atoms with van der Waals surface area (Å²) in [5, 5.41) is 8.01. The summed E-state index contributed by atoms with van der Waals surface area (Å²) in [5.41, 5.74) is 0. The molecule has 1 aromatic rings. The van der Waals surface area contributed by atoms with Crippen molar-refractivity contribution in [3.63, 3.8) is 0 Å². The molecule has 0 saturated heterocycles. The Morgan fingerprint density at radius 2 is 1.43 bits per heavy atom. The summed E-state index contributed by atoms with van der Waals surface area (Å²) in [7, 11) is 4.34. The molecule has 1 aromatic heterocycles. The lowest BCUT2D eigenvalue weighted by atomic mass is 10.1. The van der Waals surface area contributed by atoms with Crippen LogP contribution in [0.5, 0.6) is 0 Å². The summed E-state index contributed by atoms with van der Waals surface area (Å²) < 4.78 is 34.1. The van der Waals surface area contributed by atoms with Crippen LogP contribution < -0.4 is 5.32 Å². The topological polar surface area (TPSA) is 115 Å². The summed E-state index contributed by atoms with van der Waals surface area (Å²) in [5.74, 6) is 1.45. The lowest BCUT2D eigenvalue weighted by Crippen LogP contribution is -2.43. The number of thioether (sulfide) groups is 1. The molecule has 0 unspecified atom stereocenters. The van der Waals surface area contributed by atoms with Crippen molar-refractivity contribution in [2.45, 2.75) is 69.1 Å². The highest BCUT2D eigenvalue weighted by Gasteiger charge is 2.37. The van der Waals surface area contributed by atoms with E-state index in [0.717, 1.165) is 37.9 Å². The van der Waals surface area contributed by atoms with Gasteiger partial charge in [-0.05, 0) is 19.3 Å². The van der Waals surface area contributed by atoms with E-state index in [1.807, 2.05) is 0 Å². The maximum absolute atomic E-state index is 12.9. The number of carbonyl (C=O) groups is 1. The average molecular weight is 553 g/mol. The number of carbonyl (C=O) groups excluding carboxylic acids is 1. The van der Waals surface area contributed by atoms with Crippen molar-refractivity contribution in [1.82, 2.24) is 20.1 Å². The summed E-state index contributed by atoms with van der Waals surface area (Å²) >= 11 is 1.52. The van der Waals surface area contributed by atoms with E-state index in [2.05, 4.69) is 22.3 Å². The number of unbranched alkanes of at least 4 members (excludes halogenated alkanes) is 3. The fraction of sp³-hybridized carbons (Fsp3) is 0.857. The summed E-state index contributed by atoms with van der Waals surface area (Å²) in [4.78, 5) is 17.5. The van der Waals surface area contributed by atoms with Crippen LogP contribution in [0.4, 0.5) is 4.79 Å². The third kappa shape index (κ3) is 10.6. The first-order valence-electron chi connectivity index (χ1n) is 12.1. The van der Waals surface area contributed by atoms with Gasteiger partial charge in [0.25, 0.3) is 0 Å². The van der Waals surface area contributed by atoms with Crippen molar-refractivity contribution in [1.29, 1.82) is 0 Å². The van der Waals surface area contributed by atoms with Crippen molar-refractivity contribution in [3.8, 4) is 0 Å². The molecule has 0 bridgehead atoms. The van der Waals surface area contributed by atoms with Crippen LogP contribution in [0.3, 0.4) is 0 Å². The molecule has 1 amide bonds. The molecular formula is C21H44N4O7SSi2. The Kier molecular flexibility index (Phi) is 16.2. The summed E-state index contributed by atoms with van der Waals surface area (Å²) in [6.45, 7) is 2.63. The molecule has 1 N–H and O–H groups in total. The normalized spacial score (nSPS) is 12.3. The lowest BCUT2D eigenvalue weighted by Gasteiger charge is -2.24. The molecule has 11 nitrogen and oxygen atoms in total. The molecule has 35 heavy (non-hydrogen) atoms. The van der Waals surface area contributed by atoms with Crippen molar-refractivity contribution in [3.05, 3.63) is 5.82 Å². The first-order valence-corrected chi connectivity index (χ1v) is 16.9. The number of hydrogen-bond donors (Lipinski definition) is 1. The van der Waals surface area contributed by atoms with E-state index in [0.29, 0.717) is 42.5 Å². The Hall–Kier alpha value is -0.846. The minimum Gasteiger partial charge on any atom is -0.377 e. The Morgan fingerprint density at radius 1 is 0.857 bits per heavy atom. The molecule has 0 aliphatic rings. The Balaban J connectivity index is 2.72. The van der Waals surface area contributed by atoms with Gasteiger partial charge in [-0.15, -0.1) is 5.10 Å². The van der Waals surface area contributed by atoms with Gasteiger partial charge in [0.05, 0.1) is 0 Å². The number of nitrogens with one attached hydrogen (secondary N) is 1. The van der Waals surface area contributed by atoms with E-state index >= 15 is 0 Å². The highest BCUT2D eigenvalue weighted by molar-refractivity contribution is 7.99. The highest BCUT2D eigenvalue weighted by atomic mass is 32.2. The zero-order valence-electron chi connectivity index (χ0n) is 22.4. The minimum atomic E-state index is -2.66. The standard InChI is InChI=1S/C21H44N4O7SSi2/c1-8-9-10-11-14-19-23-20(33-16-13-18-35(30-5,31-6)32-7)24-25(19)21(26)22-15-12-17-34(27-2,28-3)29-4/h8-18H2,1-7H3,(H,22,26). The Bertz CT molecular complexity index is 705. The van der Waals surface area contributed by atoms with Gasteiger partial charge in [-0.25, -0.2) is 9.78 Å². The quantitative estimate of drug-likeness (QED) is 0.146. The minimum absolute atomic E-state index is 0.279. The number of rotatable bonds is 20. The molecule has 1 heterocycles. The van der Waals surface area contributed by atoms with Gasteiger partial charge >= 0.3 is 23.6 Å². The molecule has 0 aliphatic heterocycles. The van der Waals surface area contributed by atoms with Gasteiger partial charge in [0.15, 0.2) is 0 Å². The van der Waals surface area contributed by atoms with Gasteiger partial charge in [0, 0.05) is 73.5 Å². The van der Waals surface area contributed by atoms with Gasteiger partial charge < -0.3 is 31.9 Å². The average Bonchev–Trinajstić information content (AvgIpc) is 3.30. The van der Waals surface area contributed by atoms with E-state index < -0.39 is 17.6 Å². The molecule has 0 radical (unpaired) electrons. The van der Waals surface area contributed by atoms with E-state index in [9.17, 15) is 4.79 Å². The largest absolute Gasteiger partial charge is 0.500 e. The van der Waals surface area contributed by atoms with Gasteiger partial charge in [-0.2, -0.15) is 4.68 Å². The third-order valence-electron chi connectivity index (χ3n) is 5.76. The van der Waals surface area contributed by atoms with Crippen molar-refractivity contribution < 1.29 is 31.4 Å². The van der Waals surface area contributed by atoms with Crippen LogP contribution in [-0.4, -0.2) is 93.4 Å². The molecular weight excluding hydrogens is 508 g/mol. The smallest absolute Gasteiger partial charge is 0.377 e.